The van der Waals surface area contributed by atoms with Crippen LogP contribution in [-0.2, 0) is 56.4 Å². The van der Waals surface area contributed by atoms with Gasteiger partial charge in [0.2, 0.25) is 10.0 Å². The van der Waals surface area contributed by atoms with Crippen molar-refractivity contribution in [3.05, 3.63) is 65.7 Å². The topological polar surface area (TPSA) is 169 Å². The third kappa shape index (κ3) is 6.79. The number of nitrogens with zero attached hydrogens (tertiary/aromatic N) is 5. The summed E-state index contributed by atoms with van der Waals surface area (Å²) >= 11 is 0. The Morgan fingerprint density at radius 2 is 1.54 bits per heavy atom. The van der Waals surface area contributed by atoms with E-state index in [0.717, 1.165) is 27.4 Å². The lowest BCUT2D eigenvalue weighted by atomic mass is 10.0. The minimum atomic E-state index is -3.73. The van der Waals surface area contributed by atoms with E-state index in [1.54, 1.807) is 28.8 Å². The number of hydrogen-bond donors (Lipinski definition) is 0. The van der Waals surface area contributed by atoms with Crippen LogP contribution in [0.5, 0.6) is 0 Å². The first-order valence-corrected chi connectivity index (χ1v) is 21.0. The van der Waals surface area contributed by atoms with E-state index in [1.807, 2.05) is 13.0 Å². The summed E-state index contributed by atoms with van der Waals surface area (Å²) in [6.07, 6.45) is -1.32. The molecule has 0 unspecified atom stereocenters. The van der Waals surface area contributed by atoms with E-state index < -0.39 is 60.5 Å². The van der Waals surface area contributed by atoms with Crippen LogP contribution >= 0.6 is 0 Å². The molecule has 2 aliphatic rings. The smallest absolute Gasteiger partial charge is 0.303 e. The number of aryl methyl sites for hydroxylation is 1. The monoisotopic (exact) mass is 721 g/mol. The molecule has 264 valence electrons. The Hall–Kier alpha value is -4.51. The molecule has 14 nitrogen and oxygen atoms in total. The number of carbonyl (C=O) groups is 3. The number of imidazole rings is 1. The number of hydrogen-bond acceptors (Lipinski definition) is 12. The van der Waals surface area contributed by atoms with Crippen LogP contribution in [-0.4, -0.2) is 83.1 Å². The Kier molecular flexibility index (Phi) is 9.41. The number of ether oxygens (including phenoxy) is 4. The lowest BCUT2D eigenvalue weighted by molar-refractivity contribution is -0.166. The summed E-state index contributed by atoms with van der Waals surface area (Å²) < 4.78 is 52.9. The molecule has 1 fully saturated rings. The van der Waals surface area contributed by atoms with Crippen molar-refractivity contribution in [1.29, 1.82) is 0 Å². The van der Waals surface area contributed by atoms with E-state index in [2.05, 4.69) is 40.7 Å². The zero-order valence-corrected chi connectivity index (χ0v) is 30.7. The summed E-state index contributed by atoms with van der Waals surface area (Å²) in [6.45, 7) is 12.4. The average molecular weight is 722 g/mol. The van der Waals surface area contributed by atoms with Gasteiger partial charge in [-0.2, -0.15) is 4.31 Å². The maximum Gasteiger partial charge on any atom is 0.303 e. The maximum absolute atomic E-state index is 13.6. The number of aromatic nitrogens is 4. The molecule has 0 aliphatic carbocycles. The lowest BCUT2D eigenvalue weighted by Gasteiger charge is -2.24. The van der Waals surface area contributed by atoms with Gasteiger partial charge in [-0.25, -0.2) is 23.4 Å². The molecule has 4 aromatic rings. The van der Waals surface area contributed by atoms with E-state index in [-0.39, 0.29) is 24.6 Å². The largest absolute Gasteiger partial charge is 0.463 e. The molecule has 16 heteroatoms. The molecule has 0 amide bonds. The Balaban J connectivity index is 1.41. The van der Waals surface area contributed by atoms with Crippen LogP contribution in [0.4, 0.5) is 0 Å². The summed E-state index contributed by atoms with van der Waals surface area (Å²) in [5, 5.41) is 1.08. The molecule has 4 atom stereocenters. The summed E-state index contributed by atoms with van der Waals surface area (Å²) in [7, 11) is -5.80. The predicted molar refractivity (Wildman–Crippen MR) is 183 cm³/mol. The molecule has 50 heavy (non-hydrogen) atoms. The van der Waals surface area contributed by atoms with E-state index in [4.69, 9.17) is 18.9 Å². The molecule has 6 rings (SSSR count). The molecular weight excluding hydrogens is 683 g/mol. The molecule has 2 aliphatic heterocycles. The van der Waals surface area contributed by atoms with E-state index in [1.165, 1.54) is 37.7 Å². The van der Waals surface area contributed by atoms with Gasteiger partial charge in [-0.15, -0.1) is 0 Å². The van der Waals surface area contributed by atoms with Gasteiger partial charge in [0, 0.05) is 39.4 Å². The second kappa shape index (κ2) is 13.3. The first-order chi connectivity index (χ1) is 23.5. The number of benzene rings is 2. The van der Waals surface area contributed by atoms with Gasteiger partial charge in [-0.3, -0.25) is 19.0 Å². The number of sulfonamides is 1. The van der Waals surface area contributed by atoms with Gasteiger partial charge >= 0.3 is 17.9 Å². The molecule has 0 radical (unpaired) electrons. The first-order valence-electron chi connectivity index (χ1n) is 16.1. The minimum Gasteiger partial charge on any atom is -0.463 e. The van der Waals surface area contributed by atoms with Crippen molar-refractivity contribution in [3.63, 3.8) is 0 Å². The second-order valence-electron chi connectivity index (χ2n) is 13.6. The van der Waals surface area contributed by atoms with Crippen LogP contribution in [0.3, 0.4) is 0 Å². The highest BCUT2D eigenvalue weighted by molar-refractivity contribution is 7.89. The van der Waals surface area contributed by atoms with Crippen molar-refractivity contribution in [2.24, 2.45) is 0 Å². The predicted octanol–water partition coefficient (Wildman–Crippen LogP) is 3.38. The number of rotatable bonds is 9. The fourth-order valence-electron chi connectivity index (χ4n) is 6.42. The Morgan fingerprint density at radius 1 is 0.900 bits per heavy atom. The first kappa shape index (κ1) is 35.3. The molecule has 0 spiro atoms. The van der Waals surface area contributed by atoms with Crippen LogP contribution in [0.2, 0.25) is 19.6 Å². The van der Waals surface area contributed by atoms with Gasteiger partial charge in [0.1, 0.15) is 30.2 Å². The number of carbonyl (C=O) groups excluding carboxylic acids is 3. The summed E-state index contributed by atoms with van der Waals surface area (Å²) in [5.41, 5.74) is 4.95. The summed E-state index contributed by atoms with van der Waals surface area (Å²) in [6, 6.07) is 11.0. The third-order valence-corrected chi connectivity index (χ3v) is 12.6. The van der Waals surface area contributed by atoms with Gasteiger partial charge in [0.15, 0.2) is 24.1 Å². The van der Waals surface area contributed by atoms with E-state index in [0.29, 0.717) is 16.9 Å². The SMILES string of the molecule is CC(=O)OC[C@H]1O[C@@H](n2cnc3c(-c4cc5c(cc4[Si](C)(C)C)CN(S(=O)(=O)c4ccc(C)cc4)C5)ncnc32)[C@H](OC(C)=O)[C@@H]1OC(C)=O. The molecule has 0 saturated carbocycles. The zero-order chi connectivity index (χ0) is 36.1. The Morgan fingerprint density at radius 3 is 2.16 bits per heavy atom. The maximum atomic E-state index is 13.6. The van der Waals surface area contributed by atoms with Crippen molar-refractivity contribution in [1.82, 2.24) is 23.8 Å². The minimum absolute atomic E-state index is 0.203. The van der Waals surface area contributed by atoms with Crippen molar-refractivity contribution < 1.29 is 41.7 Å². The highest BCUT2D eigenvalue weighted by Gasteiger charge is 2.51. The van der Waals surface area contributed by atoms with Gasteiger partial charge in [-0.1, -0.05) is 48.6 Å². The van der Waals surface area contributed by atoms with Gasteiger partial charge in [-0.05, 0) is 36.2 Å². The molecule has 0 bridgehead atoms. The summed E-state index contributed by atoms with van der Waals surface area (Å²) in [5.74, 6) is -1.83. The van der Waals surface area contributed by atoms with E-state index in [9.17, 15) is 22.8 Å². The molecule has 1 saturated heterocycles. The third-order valence-electron chi connectivity index (χ3n) is 8.73. The quantitative estimate of drug-likeness (QED) is 0.141. The van der Waals surface area contributed by atoms with Crippen LogP contribution in [0.1, 0.15) is 43.7 Å². The van der Waals surface area contributed by atoms with Crippen LogP contribution < -0.4 is 5.19 Å². The highest BCUT2D eigenvalue weighted by atomic mass is 32.2. The average Bonchev–Trinajstić information content (AvgIpc) is 3.74. The van der Waals surface area contributed by atoms with Crippen molar-refractivity contribution in [2.75, 3.05) is 6.61 Å². The standard InChI is InChI=1S/C34H39N5O9SSi/c1-19-8-10-25(11-9-19)49(43,44)38-14-23-12-26(28(50(5,6)7)13-24(23)15-38)29-30-33(36-17-35-29)39(18-37-30)34-32(47-22(4)42)31(46-21(3)41)27(48-34)16-45-20(2)40/h8-13,17-18,27,31-32,34H,14-16H2,1-7H3/t27-,31-,32-,34-/m1/s1. The molecular formula is C34H39N5O9SSi. The Bertz CT molecular complexity index is 2100. The number of fused-ring (bicyclic) bond motifs is 2. The number of esters is 3. The second-order valence-corrected chi connectivity index (χ2v) is 20.5. The van der Waals surface area contributed by atoms with Crippen LogP contribution in [0.15, 0.2) is 53.9 Å². The summed E-state index contributed by atoms with van der Waals surface area (Å²) in [4.78, 5) is 50.1. The Labute approximate surface area is 290 Å². The fraction of sp³-hybridized carbons (Fsp3) is 0.412. The van der Waals surface area contributed by atoms with Crippen molar-refractivity contribution in [3.8, 4) is 11.3 Å². The van der Waals surface area contributed by atoms with Crippen LogP contribution in [0, 0.1) is 6.92 Å². The van der Waals surface area contributed by atoms with Crippen molar-refractivity contribution in [2.45, 2.75) is 89.9 Å². The normalized spacial score (nSPS) is 20.9. The zero-order valence-electron chi connectivity index (χ0n) is 28.9. The molecule has 4 heterocycles. The van der Waals surface area contributed by atoms with Crippen LogP contribution in [0.25, 0.3) is 22.4 Å². The fourth-order valence-corrected chi connectivity index (χ4v) is 9.42. The lowest BCUT2D eigenvalue weighted by Crippen LogP contribution is -2.40. The molecule has 2 aromatic heterocycles. The van der Waals surface area contributed by atoms with E-state index >= 15 is 0 Å². The van der Waals surface area contributed by atoms with Gasteiger partial charge < -0.3 is 18.9 Å². The molecule has 2 aromatic carbocycles. The van der Waals surface area contributed by atoms with Crippen molar-refractivity contribution >= 4 is 52.4 Å². The molecule has 0 N–H and O–H groups in total. The highest BCUT2D eigenvalue weighted by Crippen LogP contribution is 2.38. The van der Waals surface area contributed by atoms with Gasteiger partial charge in [0.25, 0.3) is 0 Å². The van der Waals surface area contributed by atoms with Gasteiger partial charge in [0.05, 0.1) is 19.3 Å².